The van der Waals surface area contributed by atoms with Crippen molar-refractivity contribution in [2.45, 2.75) is 75.5 Å². The zero-order valence-corrected chi connectivity index (χ0v) is 28.8. The van der Waals surface area contributed by atoms with Crippen molar-refractivity contribution in [2.75, 3.05) is 19.7 Å². The maximum Gasteiger partial charge on any atom is 0.313 e. The number of hydrogen-bond acceptors (Lipinski definition) is 7. The zero-order valence-electron chi connectivity index (χ0n) is 27.2. The molecule has 10 nitrogen and oxygen atoms in total. The first kappa shape index (κ1) is 34.1. The highest BCUT2D eigenvalue weighted by atomic mass is 79.9. The summed E-state index contributed by atoms with van der Waals surface area (Å²) in [5.41, 5.74) is -0.133. The number of nitrogens with zero attached hydrogens (tertiary/aromatic N) is 2. The van der Waals surface area contributed by atoms with E-state index in [2.05, 4.69) is 21.2 Å². The number of carbonyl (C=O) groups is 4. The number of aliphatic hydroxyl groups excluding tert-OH is 1. The highest BCUT2D eigenvalue weighted by Crippen LogP contribution is 2.60. The molecule has 2 fully saturated rings. The largest absolute Gasteiger partial charge is 0.455 e. The second-order valence-corrected chi connectivity index (χ2v) is 13.9. The van der Waals surface area contributed by atoms with Crippen molar-refractivity contribution in [3.05, 3.63) is 94.5 Å². The summed E-state index contributed by atoms with van der Waals surface area (Å²) < 4.78 is 13.4. The molecule has 0 aromatic heterocycles. The van der Waals surface area contributed by atoms with E-state index >= 15 is 4.79 Å². The molecule has 1 spiro atoms. The lowest BCUT2D eigenvalue weighted by atomic mass is 9.74. The number of cyclic esters (lactones) is 1. The third-order valence-corrected chi connectivity index (χ3v) is 10.7. The number of ether oxygens (including phenoxy) is 2. The number of fused-ring (bicyclic) bond motifs is 2. The molecule has 8 atom stereocenters. The third-order valence-electron chi connectivity index (χ3n) is 10.0. The summed E-state index contributed by atoms with van der Waals surface area (Å²) in [6, 6.07) is 16.0. The number of aliphatic hydroxyl groups is 1. The van der Waals surface area contributed by atoms with Crippen molar-refractivity contribution < 1.29 is 33.8 Å². The van der Waals surface area contributed by atoms with Gasteiger partial charge in [-0.05, 0) is 37.0 Å². The van der Waals surface area contributed by atoms with Crippen LogP contribution in [0.4, 0.5) is 0 Å². The lowest BCUT2D eigenvalue weighted by Crippen LogP contribution is -2.58. The van der Waals surface area contributed by atoms with Crippen LogP contribution >= 0.6 is 15.9 Å². The van der Waals surface area contributed by atoms with Gasteiger partial charge in [-0.25, -0.2) is 0 Å². The van der Waals surface area contributed by atoms with Gasteiger partial charge in [-0.3, -0.25) is 19.2 Å². The lowest BCUT2D eigenvalue weighted by Gasteiger charge is -2.40. The van der Waals surface area contributed by atoms with Crippen molar-refractivity contribution in [2.24, 2.45) is 11.8 Å². The molecule has 48 heavy (non-hydrogen) atoms. The van der Waals surface area contributed by atoms with E-state index in [1.807, 2.05) is 86.7 Å². The summed E-state index contributed by atoms with van der Waals surface area (Å²) in [6.45, 7) is 3.89. The number of nitrogens with one attached hydrogen (secondary N) is 1. The first-order valence-electron chi connectivity index (χ1n) is 16.7. The van der Waals surface area contributed by atoms with E-state index in [1.54, 1.807) is 11.0 Å². The molecule has 2 saturated heterocycles. The summed E-state index contributed by atoms with van der Waals surface area (Å²) >= 11 is 3.61. The number of benzene rings is 2. The Bertz CT molecular complexity index is 1580. The molecule has 2 aromatic carbocycles. The van der Waals surface area contributed by atoms with E-state index in [9.17, 15) is 19.5 Å². The smallest absolute Gasteiger partial charge is 0.313 e. The monoisotopic (exact) mass is 719 g/mol. The quantitative estimate of drug-likeness (QED) is 0.322. The number of likely N-dealkylation sites (tertiary alicyclic amines) is 1. The molecule has 2 aromatic rings. The summed E-state index contributed by atoms with van der Waals surface area (Å²) in [5.74, 6) is -3.80. The van der Waals surface area contributed by atoms with Gasteiger partial charge in [-0.15, -0.1) is 0 Å². The Morgan fingerprint density at radius 1 is 1.02 bits per heavy atom. The zero-order chi connectivity index (χ0) is 34.0. The van der Waals surface area contributed by atoms with Crippen LogP contribution in [-0.2, 0) is 28.7 Å². The van der Waals surface area contributed by atoms with Crippen LogP contribution in [0.2, 0.25) is 0 Å². The minimum Gasteiger partial charge on any atom is -0.455 e. The second-order valence-electron chi connectivity index (χ2n) is 13.0. The number of rotatable bonds is 7. The topological polar surface area (TPSA) is 125 Å². The predicted octanol–water partition coefficient (Wildman–Crippen LogP) is 4.36. The Kier molecular flexibility index (Phi) is 10.2. The fraction of sp³-hybridized carbons (Fsp3) is 0.459. The van der Waals surface area contributed by atoms with Crippen LogP contribution in [-0.4, -0.2) is 82.1 Å². The average Bonchev–Trinajstić information content (AvgIpc) is 3.68. The molecule has 0 saturated carbocycles. The van der Waals surface area contributed by atoms with Crippen molar-refractivity contribution in [3.63, 3.8) is 0 Å². The molecule has 0 radical (unpaired) electrons. The molecular formula is C37H42BrN3O7. The maximum atomic E-state index is 15.0. The summed E-state index contributed by atoms with van der Waals surface area (Å²) in [6.07, 6.45) is 6.10. The molecule has 4 heterocycles. The minimum atomic E-state index is -1.48. The number of esters is 1. The Balaban J connectivity index is 1.49. The predicted molar refractivity (Wildman–Crippen MR) is 181 cm³/mol. The van der Waals surface area contributed by atoms with Crippen LogP contribution < -0.4 is 5.32 Å². The highest BCUT2D eigenvalue weighted by molar-refractivity contribution is 9.11. The third kappa shape index (κ3) is 6.12. The van der Waals surface area contributed by atoms with Gasteiger partial charge in [0.2, 0.25) is 17.7 Å². The van der Waals surface area contributed by atoms with Crippen LogP contribution in [0, 0.1) is 11.8 Å². The molecule has 1 unspecified atom stereocenters. The van der Waals surface area contributed by atoms with Crippen molar-refractivity contribution in [3.8, 4) is 0 Å². The van der Waals surface area contributed by atoms with Gasteiger partial charge in [0.1, 0.15) is 29.8 Å². The summed E-state index contributed by atoms with van der Waals surface area (Å²) in [7, 11) is 0. The summed E-state index contributed by atoms with van der Waals surface area (Å²) in [5, 5.41) is 13.7. The first-order valence-corrected chi connectivity index (χ1v) is 17.5. The van der Waals surface area contributed by atoms with Crippen LogP contribution in [0.3, 0.4) is 0 Å². The Morgan fingerprint density at radius 3 is 2.42 bits per heavy atom. The number of amides is 3. The molecule has 6 rings (SSSR count). The minimum absolute atomic E-state index is 0.0491. The number of carbonyl (C=O) groups excluding carboxylic acids is 4. The Morgan fingerprint density at radius 2 is 1.73 bits per heavy atom. The van der Waals surface area contributed by atoms with Gasteiger partial charge in [0, 0.05) is 23.5 Å². The standard InChI is InChI=1S/C37H42BrN3O7/c1-3-13-23(2)40-19-12-6-11-18-29(43)39-21-28(25-16-9-5-10-17-25)47-36(46)30-31-34(44)41(27(22-42)24-14-7-4-8-15-24)33(35(40)45)37(31)20-26(38)32(30)48-37/h4-10,12,14-17,20,23,27-28,30-33,42H,3,11,13,18-19,21-22H2,1-2H3,(H,39,43)/b12-6-/t23?,27-,28+,30+,31-,32+,33+,37-/m1/s1. The van der Waals surface area contributed by atoms with E-state index in [4.69, 9.17) is 9.47 Å². The van der Waals surface area contributed by atoms with Gasteiger partial charge in [-0.2, -0.15) is 0 Å². The van der Waals surface area contributed by atoms with Crippen LogP contribution in [0.15, 0.2) is 83.4 Å². The molecule has 2 N–H and O–H groups in total. The molecule has 11 heteroatoms. The van der Waals surface area contributed by atoms with Gasteiger partial charge in [0.25, 0.3) is 0 Å². The fourth-order valence-electron chi connectivity index (χ4n) is 7.72. The summed E-state index contributed by atoms with van der Waals surface area (Å²) in [4.78, 5) is 60.2. The second kappa shape index (κ2) is 14.4. The SMILES string of the molecule is CCCC(C)N1C/C=C\CCC(=O)NC[C@@H](c2ccccc2)OC(=O)[C@@H]2[C@H]3O[C@@]4(C=C3Br)[C@H](C1=O)N([C@H](CO)c1ccccc1)C(=O)[C@@H]24. The van der Waals surface area contributed by atoms with Crippen molar-refractivity contribution in [1.29, 1.82) is 0 Å². The number of halogens is 1. The molecule has 3 amide bonds. The van der Waals surface area contributed by atoms with Gasteiger partial charge >= 0.3 is 5.97 Å². The van der Waals surface area contributed by atoms with Gasteiger partial charge in [0.05, 0.1) is 25.1 Å². The van der Waals surface area contributed by atoms with E-state index in [1.165, 1.54) is 4.90 Å². The lowest BCUT2D eigenvalue weighted by molar-refractivity contribution is -0.160. The maximum absolute atomic E-state index is 15.0. The van der Waals surface area contributed by atoms with E-state index in [0.717, 1.165) is 12.8 Å². The highest BCUT2D eigenvalue weighted by Gasteiger charge is 2.75. The van der Waals surface area contributed by atoms with Crippen molar-refractivity contribution in [1.82, 2.24) is 15.1 Å². The molecular weight excluding hydrogens is 678 g/mol. The van der Waals surface area contributed by atoms with Gasteiger partial charge < -0.3 is 29.7 Å². The average molecular weight is 721 g/mol. The molecule has 0 aliphatic carbocycles. The van der Waals surface area contributed by atoms with Crippen LogP contribution in [0.25, 0.3) is 0 Å². The van der Waals surface area contributed by atoms with Crippen LogP contribution in [0.5, 0.6) is 0 Å². The van der Waals surface area contributed by atoms with E-state index < -0.39 is 60.2 Å². The first-order chi connectivity index (χ1) is 23.2. The molecule has 254 valence electrons. The normalized spacial score (nSPS) is 31.2. The number of allylic oxidation sites excluding steroid dienone is 1. The molecule has 4 aliphatic rings. The van der Waals surface area contributed by atoms with Gasteiger partial charge in [0.15, 0.2) is 0 Å². The van der Waals surface area contributed by atoms with Crippen molar-refractivity contribution >= 4 is 39.6 Å². The van der Waals surface area contributed by atoms with Gasteiger partial charge in [-0.1, -0.05) is 102 Å². The molecule has 5 bridgehead atoms. The Hall–Kier alpha value is -3.80. The number of hydrogen-bond donors (Lipinski definition) is 2. The van der Waals surface area contributed by atoms with Crippen LogP contribution in [0.1, 0.15) is 62.8 Å². The van der Waals surface area contributed by atoms with E-state index in [0.29, 0.717) is 22.0 Å². The Labute approximate surface area is 289 Å². The molecule has 4 aliphatic heterocycles. The fourth-order valence-corrected chi connectivity index (χ4v) is 8.45. The van der Waals surface area contributed by atoms with E-state index in [-0.39, 0.29) is 37.4 Å².